The number of likely N-dealkylation sites (N-methyl/N-ethyl adjacent to an activating group) is 1. The highest BCUT2D eigenvalue weighted by atomic mass is 32.1. The molecule has 0 fully saturated rings. The van der Waals surface area contributed by atoms with Crippen molar-refractivity contribution in [2.75, 3.05) is 26.0 Å². The fourth-order valence-corrected chi connectivity index (χ4v) is 1.24. The summed E-state index contributed by atoms with van der Waals surface area (Å²) < 4.78 is 0. The Labute approximate surface area is 99.6 Å². The van der Waals surface area contributed by atoms with Crippen molar-refractivity contribution in [1.29, 1.82) is 0 Å². The van der Waals surface area contributed by atoms with Crippen molar-refractivity contribution < 1.29 is 4.79 Å². The van der Waals surface area contributed by atoms with E-state index in [-0.39, 0.29) is 17.4 Å². The Hall–Kier alpha value is -1.69. The molecule has 5 nitrogen and oxygen atoms in total. The molecule has 1 aromatic heterocycles. The molecule has 3 N–H and O–H groups in total. The smallest absolute Gasteiger partial charge is 0.241 e. The highest BCUT2D eigenvalue weighted by Crippen LogP contribution is 2.11. The lowest BCUT2D eigenvalue weighted by atomic mass is 10.3. The Bertz CT molecular complexity index is 406. The van der Waals surface area contributed by atoms with Crippen molar-refractivity contribution in [3.05, 3.63) is 24.0 Å². The lowest BCUT2D eigenvalue weighted by Crippen LogP contribution is -2.29. The van der Waals surface area contributed by atoms with E-state index in [1.807, 2.05) is 0 Å². The third-order valence-corrected chi connectivity index (χ3v) is 2.16. The number of nitrogens with two attached hydrogens (primary N) is 1. The third kappa shape index (κ3) is 3.16. The van der Waals surface area contributed by atoms with Gasteiger partial charge in [-0.2, -0.15) is 0 Å². The Morgan fingerprint density at radius 1 is 1.62 bits per heavy atom. The number of carbonyl (C=O) groups is 1. The fourth-order valence-electron chi connectivity index (χ4n) is 1.07. The van der Waals surface area contributed by atoms with E-state index in [2.05, 4.69) is 10.3 Å². The molecule has 0 spiro atoms. The summed E-state index contributed by atoms with van der Waals surface area (Å²) in [6.07, 6.45) is 1.60. The molecule has 0 aliphatic heterocycles. The van der Waals surface area contributed by atoms with Crippen LogP contribution in [0.15, 0.2) is 18.3 Å². The van der Waals surface area contributed by atoms with Crippen molar-refractivity contribution in [3.63, 3.8) is 0 Å². The number of nitrogens with zero attached hydrogens (tertiary/aromatic N) is 2. The Kier molecular flexibility index (Phi) is 4.19. The molecule has 86 valence electrons. The van der Waals surface area contributed by atoms with Crippen LogP contribution in [0, 0.1) is 0 Å². The van der Waals surface area contributed by atoms with Gasteiger partial charge in [-0.3, -0.25) is 9.78 Å². The van der Waals surface area contributed by atoms with Crippen molar-refractivity contribution in [1.82, 2.24) is 9.88 Å². The minimum absolute atomic E-state index is 0.0299. The largest absolute Gasteiger partial charge is 0.388 e. The topological polar surface area (TPSA) is 71.2 Å². The Morgan fingerprint density at radius 2 is 2.31 bits per heavy atom. The second kappa shape index (κ2) is 5.41. The summed E-state index contributed by atoms with van der Waals surface area (Å²) in [5, 5.41) is 2.95. The molecule has 1 heterocycles. The number of pyridine rings is 1. The number of hydrogen-bond donors (Lipinski definition) is 2. The van der Waals surface area contributed by atoms with Gasteiger partial charge in [-0.25, -0.2) is 0 Å². The summed E-state index contributed by atoms with van der Waals surface area (Å²) in [5.41, 5.74) is 6.69. The number of carbonyl (C=O) groups excluding carboxylic acids is 1. The summed E-state index contributed by atoms with van der Waals surface area (Å²) in [5.74, 6) is -0.0299. The molecule has 0 aromatic carbocycles. The zero-order valence-corrected chi connectivity index (χ0v) is 10.0. The van der Waals surface area contributed by atoms with E-state index in [4.69, 9.17) is 18.0 Å². The molecule has 1 amide bonds. The molecule has 6 heteroatoms. The molecule has 0 atom stereocenters. The van der Waals surface area contributed by atoms with Crippen molar-refractivity contribution >= 4 is 28.8 Å². The highest BCUT2D eigenvalue weighted by Gasteiger charge is 2.08. The molecule has 1 rings (SSSR count). The Balaban J connectivity index is 2.74. The molecular weight excluding hydrogens is 224 g/mol. The van der Waals surface area contributed by atoms with Crippen LogP contribution in [-0.4, -0.2) is 41.4 Å². The first-order valence-corrected chi connectivity index (χ1v) is 5.12. The number of amides is 1. The van der Waals surface area contributed by atoms with Crippen LogP contribution < -0.4 is 11.1 Å². The van der Waals surface area contributed by atoms with E-state index in [9.17, 15) is 4.79 Å². The average Bonchev–Trinajstić information content (AvgIpc) is 2.25. The molecule has 0 unspecified atom stereocenters. The number of thiocarbonyl (C=S) groups is 1. The van der Waals surface area contributed by atoms with Gasteiger partial charge in [0.1, 0.15) is 10.7 Å². The van der Waals surface area contributed by atoms with E-state index in [1.165, 1.54) is 4.90 Å². The van der Waals surface area contributed by atoms with Gasteiger partial charge in [0, 0.05) is 20.3 Å². The average molecular weight is 238 g/mol. The van der Waals surface area contributed by atoms with Crippen LogP contribution in [0.2, 0.25) is 0 Å². The van der Waals surface area contributed by atoms with Gasteiger partial charge in [0.25, 0.3) is 0 Å². The van der Waals surface area contributed by atoms with E-state index < -0.39 is 0 Å². The van der Waals surface area contributed by atoms with Crippen LogP contribution in [-0.2, 0) is 4.79 Å². The first-order chi connectivity index (χ1) is 7.52. The van der Waals surface area contributed by atoms with Crippen LogP contribution in [0.3, 0.4) is 0 Å². The second-order valence-corrected chi connectivity index (χ2v) is 3.85. The zero-order valence-electron chi connectivity index (χ0n) is 9.23. The van der Waals surface area contributed by atoms with Crippen LogP contribution in [0.25, 0.3) is 0 Å². The third-order valence-electron chi connectivity index (χ3n) is 1.97. The van der Waals surface area contributed by atoms with Gasteiger partial charge >= 0.3 is 0 Å². The van der Waals surface area contributed by atoms with Gasteiger partial charge in [-0.1, -0.05) is 12.2 Å². The summed E-state index contributed by atoms with van der Waals surface area (Å²) in [6.45, 7) is 0.189. The monoisotopic (exact) mass is 238 g/mol. The molecule has 16 heavy (non-hydrogen) atoms. The standard InChI is InChI=1S/C10H14N4OS/c1-14(2)8(15)6-13-7-4-3-5-12-9(7)10(11)16/h3-5,13H,6H2,1-2H3,(H2,11,16). The fraction of sp³-hybridized carbons (Fsp3) is 0.300. The van der Waals surface area contributed by atoms with Crippen LogP contribution in [0.1, 0.15) is 5.69 Å². The number of hydrogen-bond acceptors (Lipinski definition) is 4. The van der Waals surface area contributed by atoms with Crippen LogP contribution in [0.5, 0.6) is 0 Å². The SMILES string of the molecule is CN(C)C(=O)CNc1cccnc1C(N)=S. The van der Waals surface area contributed by atoms with Crippen LogP contribution >= 0.6 is 12.2 Å². The summed E-state index contributed by atoms with van der Waals surface area (Å²) in [6, 6.07) is 3.54. The molecule has 1 aromatic rings. The minimum atomic E-state index is -0.0299. The number of rotatable bonds is 4. The Morgan fingerprint density at radius 3 is 2.88 bits per heavy atom. The van der Waals surface area contributed by atoms with Gasteiger partial charge in [0.2, 0.25) is 5.91 Å². The minimum Gasteiger partial charge on any atom is -0.388 e. The molecule has 0 radical (unpaired) electrons. The molecule has 0 aliphatic carbocycles. The maximum atomic E-state index is 11.4. The van der Waals surface area contributed by atoms with Gasteiger partial charge in [-0.05, 0) is 12.1 Å². The highest BCUT2D eigenvalue weighted by molar-refractivity contribution is 7.80. The molecule has 0 aliphatic rings. The molecule has 0 bridgehead atoms. The van der Waals surface area contributed by atoms with E-state index in [0.717, 1.165) is 0 Å². The zero-order chi connectivity index (χ0) is 12.1. The summed E-state index contributed by atoms with van der Waals surface area (Å²) in [4.78, 5) is 17.1. The molecule has 0 saturated heterocycles. The lowest BCUT2D eigenvalue weighted by molar-refractivity contribution is -0.126. The van der Waals surface area contributed by atoms with Crippen molar-refractivity contribution in [3.8, 4) is 0 Å². The first kappa shape index (κ1) is 12.4. The quantitative estimate of drug-likeness (QED) is 0.734. The predicted octanol–water partition coefficient (Wildman–Crippen LogP) is 0.216. The van der Waals surface area contributed by atoms with Crippen LogP contribution in [0.4, 0.5) is 5.69 Å². The van der Waals surface area contributed by atoms with Crippen molar-refractivity contribution in [2.45, 2.75) is 0 Å². The van der Waals surface area contributed by atoms with Gasteiger partial charge < -0.3 is 16.0 Å². The summed E-state index contributed by atoms with van der Waals surface area (Å²) in [7, 11) is 3.39. The van der Waals surface area contributed by atoms with Gasteiger partial charge in [-0.15, -0.1) is 0 Å². The van der Waals surface area contributed by atoms with Gasteiger partial charge in [0.15, 0.2) is 0 Å². The maximum Gasteiger partial charge on any atom is 0.241 e. The second-order valence-electron chi connectivity index (χ2n) is 3.41. The van der Waals surface area contributed by atoms with E-state index >= 15 is 0 Å². The molecular formula is C10H14N4OS. The lowest BCUT2D eigenvalue weighted by Gasteiger charge is -2.13. The number of anilines is 1. The van der Waals surface area contributed by atoms with E-state index in [1.54, 1.807) is 32.4 Å². The normalized spacial score (nSPS) is 9.62. The predicted molar refractivity (Wildman–Crippen MR) is 67.3 cm³/mol. The summed E-state index contributed by atoms with van der Waals surface area (Å²) >= 11 is 4.86. The van der Waals surface area contributed by atoms with E-state index in [0.29, 0.717) is 11.4 Å². The van der Waals surface area contributed by atoms with Crippen molar-refractivity contribution in [2.24, 2.45) is 5.73 Å². The number of aromatic nitrogens is 1. The first-order valence-electron chi connectivity index (χ1n) is 4.71. The molecule has 0 saturated carbocycles. The van der Waals surface area contributed by atoms with Gasteiger partial charge in [0.05, 0.1) is 12.2 Å². The number of nitrogens with one attached hydrogen (secondary N) is 1. The maximum absolute atomic E-state index is 11.4.